The van der Waals surface area contributed by atoms with Gasteiger partial charge in [-0.15, -0.1) is 35.9 Å². The van der Waals surface area contributed by atoms with Crippen LogP contribution in [0, 0.1) is 6.08 Å². The first-order valence-electron chi connectivity index (χ1n) is 19.6. The average molecular weight is 887 g/mol. The Labute approximate surface area is 380 Å². The average Bonchev–Trinajstić information content (AvgIpc) is 3.29. The minimum atomic E-state index is -0.932. The third-order valence-corrected chi connectivity index (χ3v) is 7.43. The summed E-state index contributed by atoms with van der Waals surface area (Å²) in [5, 5.41) is 40.6. The van der Waals surface area contributed by atoms with Gasteiger partial charge < -0.3 is 25.2 Å². The summed E-state index contributed by atoms with van der Waals surface area (Å²) in [6.07, 6.45) is 2.76. The Morgan fingerprint density at radius 3 is 1.18 bits per heavy atom. The fraction of sp³-hybridized carbons (Fsp3) is 0.176. The second-order valence-corrected chi connectivity index (χ2v) is 11.0. The number of carbonyl (C=O) groups is 4. The molecule has 0 aliphatic heterocycles. The molecule has 1 radical (unpaired) electrons. The van der Waals surface area contributed by atoms with E-state index < -0.39 is 23.9 Å². The van der Waals surface area contributed by atoms with Crippen molar-refractivity contribution >= 4 is 56.2 Å². The molecule has 0 saturated carbocycles. The number of hydrogen-bond acceptors (Lipinski definition) is 4. The first-order chi connectivity index (χ1) is 28.5. The van der Waals surface area contributed by atoms with Crippen LogP contribution in [0.15, 0.2) is 163 Å². The Kier molecular flexibility index (Phi) is 30.8. The van der Waals surface area contributed by atoms with Crippen LogP contribution in [0.4, 0.5) is 0 Å². The van der Waals surface area contributed by atoms with Gasteiger partial charge in [0.1, 0.15) is 0 Å². The van der Waals surface area contributed by atoms with Gasteiger partial charge in [0.25, 0.3) is 5.97 Å². The summed E-state index contributed by atoms with van der Waals surface area (Å²) >= 11 is 0. The van der Waals surface area contributed by atoms with E-state index in [4.69, 9.17) is 15.3 Å². The third-order valence-electron chi connectivity index (χ3n) is 7.43. The molecule has 9 heteroatoms. The van der Waals surface area contributed by atoms with E-state index in [1.165, 1.54) is 6.92 Å². The molecule has 313 valence electrons. The normalized spacial score (nSPS) is 9.25. The summed E-state index contributed by atoms with van der Waals surface area (Å²) in [7, 11) is 0. The molecule has 60 heavy (non-hydrogen) atoms. The first-order valence-corrected chi connectivity index (χ1v) is 19.6. The summed E-state index contributed by atoms with van der Waals surface area (Å²) in [6.45, 7) is 17.5. The maximum atomic E-state index is 11.4. The molecule has 0 aliphatic carbocycles. The molecule has 7 rings (SSSR count). The maximum Gasteiger partial charge on any atom is 0.336 e. The molecular formula is C51H57O8Y-. The first kappa shape index (κ1) is 56.1. The number of aromatic carboxylic acids is 3. The zero-order valence-corrected chi connectivity index (χ0v) is 38.8. The predicted octanol–water partition coefficient (Wildman–Crippen LogP) is 13.6. The van der Waals surface area contributed by atoms with Crippen LogP contribution in [-0.2, 0) is 37.5 Å². The number of benzene rings is 7. The quantitative estimate of drug-likeness (QED) is 0.0758. The zero-order valence-electron chi connectivity index (χ0n) is 36.0. The third kappa shape index (κ3) is 19.2. The van der Waals surface area contributed by atoms with Crippen molar-refractivity contribution < 1.29 is 72.3 Å². The molecule has 0 bridgehead atoms. The number of rotatable bonds is 5. The van der Waals surface area contributed by atoms with E-state index in [2.05, 4.69) is 6.08 Å². The van der Waals surface area contributed by atoms with E-state index in [-0.39, 0.29) is 38.3 Å². The van der Waals surface area contributed by atoms with Crippen LogP contribution in [0.2, 0.25) is 0 Å². The zero-order chi connectivity index (χ0) is 44.8. The van der Waals surface area contributed by atoms with Gasteiger partial charge in [0.05, 0.1) is 16.7 Å². The smallest absolute Gasteiger partial charge is 0.336 e. The van der Waals surface area contributed by atoms with Gasteiger partial charge in [0.2, 0.25) is 0 Å². The second kappa shape index (κ2) is 32.9. The molecule has 8 nitrogen and oxygen atoms in total. The number of hydrogen-bond donors (Lipinski definition) is 4. The van der Waals surface area contributed by atoms with Crippen LogP contribution in [-0.4, -0.2) is 44.3 Å². The molecule has 0 atom stereocenters. The van der Waals surface area contributed by atoms with E-state index in [1.807, 2.05) is 171 Å². The summed E-state index contributed by atoms with van der Waals surface area (Å²) < 4.78 is 0. The standard InChI is InChI=1S/C15H10O2.C11H8O2.C10H9O2.C7H6O2.4C2H6.Y/c16-15(17)14-12-7-3-1-5-10(12)9-11-6-2-4-8-13(11)14;12-11(13)10-6-5-8-3-1-2-4-9(8)7-10;1-8(10(11)12)7-9-5-3-2-4-6-9;8-7(9)6-4-2-1-3-5-6;4*1-2;/h1-9H,(H,16,17);1-7H,(H,12,13);2-6H,1H3,(H,11,12);1-5H,(H,8,9);4*1-2H3;/q;;-1;;;;;;. The van der Waals surface area contributed by atoms with Gasteiger partial charge in [0, 0.05) is 32.7 Å². The molecule has 0 aromatic heterocycles. The molecule has 0 spiro atoms. The molecular weight excluding hydrogens is 829 g/mol. The molecule has 7 aromatic rings. The SMILES string of the molecule is CC.CC.CC.CC.CC(=[C-]c1ccccc1)C(=O)O.O=C(O)c1c2ccccc2cc2ccccc12.O=C(O)c1ccc2ccccc2c1.O=C(O)c1ccccc1.[Y]. The van der Waals surface area contributed by atoms with Crippen molar-refractivity contribution in [2.24, 2.45) is 0 Å². The van der Waals surface area contributed by atoms with Crippen LogP contribution >= 0.6 is 0 Å². The van der Waals surface area contributed by atoms with E-state index >= 15 is 0 Å². The van der Waals surface area contributed by atoms with E-state index in [0.717, 1.165) is 37.9 Å². The Balaban J connectivity index is 0. The Morgan fingerprint density at radius 2 is 0.783 bits per heavy atom. The van der Waals surface area contributed by atoms with E-state index in [9.17, 15) is 24.3 Å². The fourth-order valence-corrected chi connectivity index (χ4v) is 4.94. The van der Waals surface area contributed by atoms with E-state index in [0.29, 0.717) is 16.7 Å². The van der Waals surface area contributed by atoms with Crippen LogP contribution < -0.4 is 0 Å². The predicted molar refractivity (Wildman–Crippen MR) is 244 cm³/mol. The molecule has 0 amide bonds. The summed E-state index contributed by atoms with van der Waals surface area (Å²) in [6, 6.07) is 47.5. The van der Waals surface area contributed by atoms with Crippen molar-refractivity contribution in [3.8, 4) is 0 Å². The van der Waals surface area contributed by atoms with Gasteiger partial charge in [-0.1, -0.05) is 171 Å². The Morgan fingerprint density at radius 1 is 0.400 bits per heavy atom. The van der Waals surface area contributed by atoms with Gasteiger partial charge in [-0.3, -0.25) is 0 Å². The van der Waals surface area contributed by atoms with Crippen molar-refractivity contribution in [1.82, 2.24) is 0 Å². The fourth-order valence-electron chi connectivity index (χ4n) is 4.94. The van der Waals surface area contributed by atoms with Gasteiger partial charge >= 0.3 is 17.9 Å². The molecule has 0 saturated heterocycles. The molecule has 0 aliphatic rings. The number of fused-ring (bicyclic) bond motifs is 3. The summed E-state index contributed by atoms with van der Waals surface area (Å²) in [5.41, 5.74) is 2.06. The van der Waals surface area contributed by atoms with Crippen molar-refractivity contribution in [3.63, 3.8) is 0 Å². The molecule has 7 aromatic carbocycles. The summed E-state index contributed by atoms with van der Waals surface area (Å²) in [5.74, 6) is -3.57. The maximum absolute atomic E-state index is 11.4. The largest absolute Gasteiger partial charge is 0.521 e. The van der Waals surface area contributed by atoms with Gasteiger partial charge in [-0.25, -0.2) is 14.4 Å². The Bertz CT molecular complexity index is 2280. The van der Waals surface area contributed by atoms with Crippen LogP contribution in [0.5, 0.6) is 0 Å². The number of aliphatic carboxylic acids is 1. The van der Waals surface area contributed by atoms with E-state index in [1.54, 1.807) is 42.5 Å². The minimum absolute atomic E-state index is 0. The number of carboxylic acids is 4. The van der Waals surface area contributed by atoms with Crippen molar-refractivity contribution in [2.45, 2.75) is 62.3 Å². The summed E-state index contributed by atoms with van der Waals surface area (Å²) in [4.78, 5) is 42.7. The van der Waals surface area contributed by atoms with Gasteiger partial charge in [0.15, 0.2) is 0 Å². The molecule has 0 heterocycles. The second-order valence-electron chi connectivity index (χ2n) is 11.0. The molecule has 0 unspecified atom stereocenters. The topological polar surface area (TPSA) is 149 Å². The van der Waals surface area contributed by atoms with Crippen molar-refractivity contribution in [1.29, 1.82) is 0 Å². The Hall–Kier alpha value is -5.96. The van der Waals surface area contributed by atoms with Gasteiger partial charge in [-0.05, 0) is 62.6 Å². The van der Waals surface area contributed by atoms with Crippen LogP contribution in [0.25, 0.3) is 32.3 Å². The molecule has 4 N–H and O–H groups in total. The van der Waals surface area contributed by atoms with Crippen molar-refractivity contribution in [3.05, 3.63) is 192 Å². The number of carboxylic acid groups (broad SMARTS) is 4. The minimum Gasteiger partial charge on any atom is -0.521 e. The monoisotopic (exact) mass is 886 g/mol. The molecule has 0 fully saturated rings. The van der Waals surface area contributed by atoms with Crippen LogP contribution in [0.1, 0.15) is 99.0 Å². The van der Waals surface area contributed by atoms with Gasteiger partial charge in [-0.2, -0.15) is 0 Å². The van der Waals surface area contributed by atoms with Crippen molar-refractivity contribution in [2.75, 3.05) is 0 Å². The van der Waals surface area contributed by atoms with Crippen LogP contribution in [0.3, 0.4) is 0 Å².